The largest absolute Gasteiger partial charge is 0.369 e. The van der Waals surface area contributed by atoms with Crippen LogP contribution in [-0.2, 0) is 15.4 Å². The van der Waals surface area contributed by atoms with Crippen molar-refractivity contribution in [3.8, 4) is 23.0 Å². The van der Waals surface area contributed by atoms with Gasteiger partial charge in [-0.1, -0.05) is 66.4 Å². The molecule has 0 saturated carbocycles. The molecule has 124 valence electrons. The molecule has 4 heteroatoms. The molecule has 0 bridgehead atoms. The molecule has 3 aliphatic rings. The molecular formula is C21H16O2S2. The Labute approximate surface area is 153 Å². The van der Waals surface area contributed by atoms with Crippen LogP contribution in [0.25, 0.3) is 11.1 Å². The Bertz CT molecular complexity index is 966. The molecule has 5 rings (SSSR count). The van der Waals surface area contributed by atoms with E-state index < -0.39 is 15.4 Å². The van der Waals surface area contributed by atoms with Crippen LogP contribution >= 0.6 is 10.8 Å². The highest BCUT2D eigenvalue weighted by Crippen LogP contribution is 2.60. The van der Waals surface area contributed by atoms with Crippen molar-refractivity contribution in [1.82, 2.24) is 0 Å². The molecule has 0 radical (unpaired) electrons. The Morgan fingerprint density at radius 2 is 1.64 bits per heavy atom. The van der Waals surface area contributed by atoms with Crippen molar-refractivity contribution in [1.29, 1.82) is 0 Å². The third kappa shape index (κ3) is 2.27. The number of hydrogen-bond acceptors (Lipinski definition) is 3. The second-order valence-corrected chi connectivity index (χ2v) is 10.6. The number of allylic oxidation sites excluding steroid dienone is 2. The molecule has 1 fully saturated rings. The summed E-state index contributed by atoms with van der Waals surface area (Å²) in [7, 11) is 0.851. The van der Waals surface area contributed by atoms with Gasteiger partial charge in [-0.15, -0.1) is 0 Å². The van der Waals surface area contributed by atoms with Crippen LogP contribution in [0.2, 0.25) is 0 Å². The van der Waals surface area contributed by atoms with Gasteiger partial charge in [0.15, 0.2) is 5.60 Å². The lowest BCUT2D eigenvalue weighted by Crippen LogP contribution is -2.22. The lowest BCUT2D eigenvalue weighted by Gasteiger charge is -2.19. The van der Waals surface area contributed by atoms with Crippen molar-refractivity contribution >= 4 is 20.6 Å². The summed E-state index contributed by atoms with van der Waals surface area (Å²) >= 11 is 0. The predicted octanol–water partition coefficient (Wildman–Crippen LogP) is 4.12. The Balaban J connectivity index is 1.55. The third-order valence-electron chi connectivity index (χ3n) is 5.27. The SMILES string of the molecule is O=S1SC12CC=C(C#CC1(O)c3ccccc3-c3ccccc31)CC2. The maximum absolute atomic E-state index is 11.6. The first kappa shape index (κ1) is 15.5. The first-order chi connectivity index (χ1) is 12.1. The molecule has 2 aromatic rings. The quantitative estimate of drug-likeness (QED) is 0.434. The molecule has 0 amide bonds. The third-order valence-corrected chi connectivity index (χ3v) is 9.34. The van der Waals surface area contributed by atoms with E-state index in [2.05, 4.69) is 17.9 Å². The van der Waals surface area contributed by atoms with E-state index in [1.165, 1.54) is 0 Å². The minimum atomic E-state index is -1.26. The fraction of sp³-hybridized carbons (Fsp3) is 0.238. The maximum atomic E-state index is 11.6. The summed E-state index contributed by atoms with van der Waals surface area (Å²) in [6, 6.07) is 15.9. The Morgan fingerprint density at radius 1 is 1.04 bits per heavy atom. The number of aliphatic hydroxyl groups is 1. The summed E-state index contributed by atoms with van der Waals surface area (Å²) in [5, 5.41) is 11.4. The van der Waals surface area contributed by atoms with Crippen LogP contribution in [0.4, 0.5) is 0 Å². The van der Waals surface area contributed by atoms with Crippen LogP contribution in [0.15, 0.2) is 60.2 Å². The van der Waals surface area contributed by atoms with Gasteiger partial charge < -0.3 is 5.11 Å². The Kier molecular flexibility index (Phi) is 3.31. The van der Waals surface area contributed by atoms with E-state index in [1.807, 2.05) is 48.5 Å². The van der Waals surface area contributed by atoms with Crippen LogP contribution in [0.3, 0.4) is 0 Å². The highest BCUT2D eigenvalue weighted by atomic mass is 33.2. The summed E-state index contributed by atoms with van der Waals surface area (Å²) in [6.45, 7) is 0. The van der Waals surface area contributed by atoms with Crippen LogP contribution < -0.4 is 0 Å². The molecule has 0 aromatic heterocycles. The van der Waals surface area contributed by atoms with E-state index in [-0.39, 0.29) is 4.08 Å². The molecule has 1 aliphatic heterocycles. The second kappa shape index (κ2) is 5.35. The van der Waals surface area contributed by atoms with E-state index in [1.54, 1.807) is 10.8 Å². The van der Waals surface area contributed by atoms with Crippen molar-refractivity contribution in [2.45, 2.75) is 28.9 Å². The zero-order valence-corrected chi connectivity index (χ0v) is 15.1. The van der Waals surface area contributed by atoms with Gasteiger partial charge in [-0.05, 0) is 46.8 Å². The fourth-order valence-electron chi connectivity index (χ4n) is 3.79. The molecule has 1 heterocycles. The van der Waals surface area contributed by atoms with Crippen LogP contribution in [-0.4, -0.2) is 13.4 Å². The van der Waals surface area contributed by atoms with Crippen molar-refractivity contribution in [2.75, 3.05) is 0 Å². The molecule has 25 heavy (non-hydrogen) atoms. The number of rotatable bonds is 0. The van der Waals surface area contributed by atoms with E-state index in [0.29, 0.717) is 0 Å². The predicted molar refractivity (Wildman–Crippen MR) is 103 cm³/mol. The minimum absolute atomic E-state index is 0.0331. The molecule has 2 atom stereocenters. The Hall–Kier alpha value is -1.80. The lowest BCUT2D eigenvalue weighted by atomic mass is 9.91. The molecule has 1 saturated heterocycles. The zero-order valence-electron chi connectivity index (χ0n) is 13.5. The van der Waals surface area contributed by atoms with Crippen molar-refractivity contribution < 1.29 is 9.32 Å². The van der Waals surface area contributed by atoms with Gasteiger partial charge in [-0.3, -0.25) is 0 Å². The smallest absolute Gasteiger partial charge is 0.178 e. The van der Waals surface area contributed by atoms with Crippen molar-refractivity contribution in [2.24, 2.45) is 0 Å². The maximum Gasteiger partial charge on any atom is 0.178 e. The van der Waals surface area contributed by atoms with Gasteiger partial charge in [0.05, 0.1) is 9.83 Å². The first-order valence-electron chi connectivity index (χ1n) is 8.38. The van der Waals surface area contributed by atoms with Gasteiger partial charge in [-0.25, -0.2) is 4.21 Å². The molecule has 2 nitrogen and oxygen atoms in total. The Morgan fingerprint density at radius 3 is 2.16 bits per heavy atom. The highest BCUT2D eigenvalue weighted by molar-refractivity contribution is 8.86. The fourth-order valence-corrected chi connectivity index (χ4v) is 6.74. The summed E-state index contributed by atoms with van der Waals surface area (Å²) in [4.78, 5) is 0. The summed E-state index contributed by atoms with van der Waals surface area (Å²) in [5.74, 6) is 6.37. The van der Waals surface area contributed by atoms with Gasteiger partial charge in [0, 0.05) is 11.1 Å². The zero-order chi connectivity index (χ0) is 17.1. The normalized spacial score (nSPS) is 27.7. The number of benzene rings is 2. The van der Waals surface area contributed by atoms with Crippen LogP contribution in [0.1, 0.15) is 30.4 Å². The van der Waals surface area contributed by atoms with Crippen molar-refractivity contribution in [3.63, 3.8) is 0 Å². The van der Waals surface area contributed by atoms with Crippen LogP contribution in [0.5, 0.6) is 0 Å². The number of hydrogen-bond donors (Lipinski definition) is 1. The molecule has 1 spiro atoms. The van der Waals surface area contributed by atoms with Gasteiger partial charge in [0.25, 0.3) is 0 Å². The van der Waals surface area contributed by atoms with E-state index in [0.717, 1.165) is 47.1 Å². The lowest BCUT2D eigenvalue weighted by molar-refractivity contribution is 0.150. The minimum Gasteiger partial charge on any atom is -0.369 e. The molecule has 1 N–H and O–H groups in total. The van der Waals surface area contributed by atoms with Gasteiger partial charge in [0.1, 0.15) is 4.08 Å². The van der Waals surface area contributed by atoms with Gasteiger partial charge in [0.2, 0.25) is 0 Å². The average Bonchev–Trinajstić information content (AvgIpc) is 3.20. The van der Waals surface area contributed by atoms with E-state index in [9.17, 15) is 9.32 Å². The van der Waals surface area contributed by atoms with Crippen LogP contribution in [0, 0.1) is 11.8 Å². The molecule has 2 aromatic carbocycles. The first-order valence-corrected chi connectivity index (χ1v) is 10.9. The number of fused-ring (bicyclic) bond motifs is 3. The monoisotopic (exact) mass is 364 g/mol. The molecular weight excluding hydrogens is 348 g/mol. The molecule has 2 unspecified atom stereocenters. The van der Waals surface area contributed by atoms with Crippen molar-refractivity contribution in [3.05, 3.63) is 71.3 Å². The van der Waals surface area contributed by atoms with Gasteiger partial charge in [-0.2, -0.15) is 0 Å². The average molecular weight is 364 g/mol. The second-order valence-electron chi connectivity index (χ2n) is 6.71. The summed E-state index contributed by atoms with van der Waals surface area (Å²) in [6.07, 6.45) is 4.67. The highest BCUT2D eigenvalue weighted by Gasteiger charge is 2.54. The standard InChI is InChI=1S/C21H16O2S2/c22-21(14-11-15-9-12-20(13-10-15)24-25(20)23)18-7-3-1-5-16(18)17-6-2-4-8-19(17)21/h1-9,22H,10,12-13H2. The van der Waals surface area contributed by atoms with E-state index >= 15 is 0 Å². The van der Waals surface area contributed by atoms with E-state index in [4.69, 9.17) is 0 Å². The molecule has 2 aliphatic carbocycles. The topological polar surface area (TPSA) is 37.3 Å². The summed E-state index contributed by atoms with van der Waals surface area (Å²) in [5.41, 5.74) is 3.60. The summed E-state index contributed by atoms with van der Waals surface area (Å²) < 4.78 is 11.6. The van der Waals surface area contributed by atoms with Gasteiger partial charge >= 0.3 is 0 Å².